The maximum Gasteiger partial charge on any atom is 0.472 e. The predicted octanol–water partition coefficient (Wildman–Crippen LogP) is 8.80. The Morgan fingerprint density at radius 2 is 1.00 bits per heavy atom. The molecule has 1 rings (SSSR count). The summed E-state index contributed by atoms with van der Waals surface area (Å²) in [4.78, 5) is 23.1. The molecule has 6 unspecified atom stereocenters. The summed E-state index contributed by atoms with van der Waals surface area (Å²) in [5, 5.41) is 50.1. The molecule has 0 aliphatic heterocycles. The molecule has 0 saturated heterocycles. The highest BCUT2D eigenvalue weighted by atomic mass is 31.2. The number of allylic oxidation sites excluding steroid dienone is 12. The summed E-state index contributed by atoms with van der Waals surface area (Å²) in [6.45, 7) is 4.03. The number of aliphatic hydroxyl groups excluding tert-OH is 5. The fourth-order valence-corrected chi connectivity index (χ4v) is 7.24. The SMILES string of the molecule is CC/C=C\C/C=C\C/C=C\C/C=C\C/C=C\CCCCCCCC(=O)OC(COCCCCCCCC/C=C\CCC)COP(=O)(O)OC1C(O)C(O)C(O)C(O)C1O. The predicted molar refractivity (Wildman–Crippen MR) is 235 cm³/mol. The van der Waals surface area contributed by atoms with E-state index in [4.69, 9.17) is 18.5 Å². The number of aliphatic hydroxyl groups is 5. The number of carbonyl (C=O) groups is 1. The minimum atomic E-state index is -5.03. The van der Waals surface area contributed by atoms with Gasteiger partial charge in [-0.2, -0.15) is 0 Å². The summed E-state index contributed by atoms with van der Waals surface area (Å²) >= 11 is 0. The Kier molecular flexibility index (Phi) is 33.8. The Balaban J connectivity index is 2.41. The first-order valence-corrected chi connectivity index (χ1v) is 23.8. The molecule has 0 spiro atoms. The molecule has 0 heterocycles. The molecule has 1 aliphatic rings. The third kappa shape index (κ3) is 28.9. The van der Waals surface area contributed by atoms with Gasteiger partial charge in [0.05, 0.1) is 13.2 Å². The minimum Gasteiger partial charge on any atom is -0.457 e. The largest absolute Gasteiger partial charge is 0.472 e. The van der Waals surface area contributed by atoms with E-state index in [2.05, 4.69) is 86.8 Å². The zero-order valence-electron chi connectivity index (χ0n) is 36.0. The number of hydrogen-bond acceptors (Lipinski definition) is 11. The molecule has 0 aromatic rings. The van der Waals surface area contributed by atoms with Crippen LogP contribution in [0.5, 0.6) is 0 Å². The molecule has 0 amide bonds. The van der Waals surface area contributed by atoms with Gasteiger partial charge < -0.3 is 39.9 Å². The highest BCUT2D eigenvalue weighted by molar-refractivity contribution is 7.47. The monoisotopic (exact) mass is 855 g/mol. The van der Waals surface area contributed by atoms with Crippen LogP contribution < -0.4 is 0 Å². The van der Waals surface area contributed by atoms with E-state index in [9.17, 15) is 39.8 Å². The van der Waals surface area contributed by atoms with Gasteiger partial charge in [0.25, 0.3) is 0 Å². The molecule has 59 heavy (non-hydrogen) atoms. The molecular formula is C46H79O12P. The van der Waals surface area contributed by atoms with Gasteiger partial charge in [-0.3, -0.25) is 13.8 Å². The fourth-order valence-electron chi connectivity index (χ4n) is 6.27. The van der Waals surface area contributed by atoms with Gasteiger partial charge in [0.15, 0.2) is 0 Å². The highest BCUT2D eigenvalue weighted by Crippen LogP contribution is 2.47. The van der Waals surface area contributed by atoms with Crippen LogP contribution in [0.25, 0.3) is 0 Å². The molecule has 0 bridgehead atoms. The van der Waals surface area contributed by atoms with Crippen molar-refractivity contribution in [1.82, 2.24) is 0 Å². The summed E-state index contributed by atoms with van der Waals surface area (Å²) in [6.07, 6.45) is 34.0. The van der Waals surface area contributed by atoms with Crippen LogP contribution in [0.15, 0.2) is 72.9 Å². The maximum absolute atomic E-state index is 12.8. The van der Waals surface area contributed by atoms with Crippen molar-refractivity contribution in [2.75, 3.05) is 19.8 Å². The lowest BCUT2D eigenvalue weighted by molar-refractivity contribution is -0.220. The molecule has 1 saturated carbocycles. The number of unbranched alkanes of at least 4 members (excludes halogenated alkanes) is 12. The summed E-state index contributed by atoms with van der Waals surface area (Å²) in [6, 6.07) is 0. The van der Waals surface area contributed by atoms with Gasteiger partial charge in [0.2, 0.25) is 0 Å². The molecule has 0 aromatic heterocycles. The standard InChI is InChI=1S/C46H79O12P/c1-3-5-7-9-11-13-15-16-17-18-19-20-21-22-23-24-25-27-29-31-33-35-40(47)57-39(37-55-36-34-32-30-28-26-14-12-10-8-6-4-2)38-56-59(53,54)58-46-44(51)42(49)41(48)43(50)45(46)52/h5,7-8,10-11,13,16-17,19-20,22-23,39,41-46,48-52H,3-4,6,9,12,14-15,18,21,24-38H2,1-2H3,(H,53,54)/b7-5-,10-8-,13-11-,17-16-,20-19-,23-22-. The van der Waals surface area contributed by atoms with E-state index in [0.717, 1.165) is 103 Å². The second-order valence-electron chi connectivity index (χ2n) is 15.2. The first kappa shape index (κ1) is 54.8. The van der Waals surface area contributed by atoms with Crippen LogP contribution in [-0.4, -0.2) is 98.9 Å². The first-order chi connectivity index (χ1) is 28.5. The lowest BCUT2D eigenvalue weighted by atomic mass is 9.85. The van der Waals surface area contributed by atoms with Gasteiger partial charge in [0.1, 0.15) is 42.7 Å². The van der Waals surface area contributed by atoms with E-state index < -0.39 is 63.1 Å². The smallest absolute Gasteiger partial charge is 0.457 e. The fraction of sp³-hybridized carbons (Fsp3) is 0.717. The topological polar surface area (TPSA) is 192 Å². The van der Waals surface area contributed by atoms with E-state index in [1.165, 1.54) is 19.3 Å². The normalized spacial score (nSPS) is 23.2. The second kappa shape index (κ2) is 36.4. The molecule has 6 atom stereocenters. The summed E-state index contributed by atoms with van der Waals surface area (Å²) < 4.78 is 34.1. The zero-order chi connectivity index (χ0) is 43.4. The number of hydrogen-bond donors (Lipinski definition) is 6. The Bertz CT molecular complexity index is 1250. The van der Waals surface area contributed by atoms with Crippen molar-refractivity contribution in [2.24, 2.45) is 0 Å². The van der Waals surface area contributed by atoms with Crippen LogP contribution in [0.2, 0.25) is 0 Å². The number of rotatable bonds is 36. The number of phosphoric ester groups is 1. The number of phosphoric acid groups is 1. The van der Waals surface area contributed by atoms with Crippen LogP contribution in [0, 0.1) is 0 Å². The Morgan fingerprint density at radius 3 is 1.54 bits per heavy atom. The van der Waals surface area contributed by atoms with Crippen molar-refractivity contribution >= 4 is 13.8 Å². The molecule has 0 aromatic carbocycles. The van der Waals surface area contributed by atoms with Crippen molar-refractivity contribution < 1.29 is 58.3 Å². The number of ether oxygens (including phenoxy) is 2. The van der Waals surface area contributed by atoms with Crippen LogP contribution >= 0.6 is 7.82 Å². The van der Waals surface area contributed by atoms with E-state index in [-0.39, 0.29) is 13.0 Å². The van der Waals surface area contributed by atoms with Crippen molar-refractivity contribution in [3.8, 4) is 0 Å². The van der Waals surface area contributed by atoms with E-state index in [1.807, 2.05) is 0 Å². The van der Waals surface area contributed by atoms with Crippen molar-refractivity contribution in [1.29, 1.82) is 0 Å². The Morgan fingerprint density at radius 1 is 0.559 bits per heavy atom. The average molecular weight is 855 g/mol. The zero-order valence-corrected chi connectivity index (χ0v) is 36.9. The third-order valence-electron chi connectivity index (χ3n) is 9.79. The summed E-state index contributed by atoms with van der Waals surface area (Å²) in [5.41, 5.74) is 0. The minimum absolute atomic E-state index is 0.0933. The third-order valence-corrected chi connectivity index (χ3v) is 10.8. The molecule has 1 fully saturated rings. The molecular weight excluding hydrogens is 775 g/mol. The van der Waals surface area contributed by atoms with Crippen molar-refractivity contribution in [3.05, 3.63) is 72.9 Å². The van der Waals surface area contributed by atoms with E-state index in [0.29, 0.717) is 13.0 Å². The van der Waals surface area contributed by atoms with Gasteiger partial charge in [-0.25, -0.2) is 4.57 Å². The van der Waals surface area contributed by atoms with Gasteiger partial charge in [0, 0.05) is 13.0 Å². The lowest BCUT2D eigenvalue weighted by Crippen LogP contribution is -2.64. The quantitative estimate of drug-likeness (QED) is 0.0152. The van der Waals surface area contributed by atoms with E-state index in [1.54, 1.807) is 0 Å². The lowest BCUT2D eigenvalue weighted by Gasteiger charge is -2.41. The van der Waals surface area contributed by atoms with Crippen LogP contribution in [0.4, 0.5) is 0 Å². The highest BCUT2D eigenvalue weighted by Gasteiger charge is 2.51. The second-order valence-corrected chi connectivity index (χ2v) is 16.6. The summed E-state index contributed by atoms with van der Waals surface area (Å²) in [5.74, 6) is -0.502. The molecule has 12 nitrogen and oxygen atoms in total. The van der Waals surface area contributed by atoms with Crippen molar-refractivity contribution in [2.45, 2.75) is 191 Å². The van der Waals surface area contributed by atoms with Crippen LogP contribution in [-0.2, 0) is 27.9 Å². The Labute approximate surface area is 355 Å². The van der Waals surface area contributed by atoms with Gasteiger partial charge >= 0.3 is 13.8 Å². The van der Waals surface area contributed by atoms with Crippen LogP contribution in [0.3, 0.4) is 0 Å². The van der Waals surface area contributed by atoms with Gasteiger partial charge in [-0.1, -0.05) is 138 Å². The first-order valence-electron chi connectivity index (χ1n) is 22.3. The molecule has 340 valence electrons. The van der Waals surface area contributed by atoms with Crippen molar-refractivity contribution in [3.63, 3.8) is 0 Å². The molecule has 13 heteroatoms. The number of carbonyl (C=O) groups excluding carboxylic acids is 1. The Hall–Kier alpha value is -2.22. The number of esters is 1. The van der Waals surface area contributed by atoms with Gasteiger partial charge in [-0.05, 0) is 77.0 Å². The van der Waals surface area contributed by atoms with E-state index >= 15 is 0 Å². The molecule has 0 radical (unpaired) electrons. The molecule has 6 N–H and O–H groups in total. The van der Waals surface area contributed by atoms with Gasteiger partial charge in [-0.15, -0.1) is 0 Å². The molecule has 1 aliphatic carbocycles. The average Bonchev–Trinajstić information content (AvgIpc) is 3.22. The van der Waals surface area contributed by atoms with Crippen LogP contribution in [0.1, 0.15) is 149 Å². The maximum atomic E-state index is 12.8. The summed E-state index contributed by atoms with van der Waals surface area (Å²) in [7, 11) is -5.03.